The van der Waals surface area contributed by atoms with E-state index in [-0.39, 0.29) is 18.0 Å². The zero-order valence-corrected chi connectivity index (χ0v) is 14.6. The van der Waals surface area contributed by atoms with Gasteiger partial charge in [0.25, 0.3) is 5.91 Å². The Kier molecular flexibility index (Phi) is 4.69. The number of nitrogens with zero attached hydrogens (tertiary/aromatic N) is 5. The number of amides is 3. The number of hydrogen-bond acceptors (Lipinski definition) is 4. The Labute approximate surface area is 146 Å². The van der Waals surface area contributed by atoms with Gasteiger partial charge in [-0.1, -0.05) is 35.0 Å². The smallest absolute Gasteiger partial charge is 0.317 e. The van der Waals surface area contributed by atoms with E-state index < -0.39 is 0 Å². The SMILES string of the molecule is Cc1ccc(CNC(=O)N2CC(n3cc(C(=O)N(C)C)nn3)C2)cc1. The number of urea groups is 1. The first-order chi connectivity index (χ1) is 11.9. The molecule has 1 aromatic heterocycles. The van der Waals surface area contributed by atoms with Crippen molar-refractivity contribution >= 4 is 11.9 Å². The summed E-state index contributed by atoms with van der Waals surface area (Å²) in [5.41, 5.74) is 2.58. The predicted octanol–water partition coefficient (Wildman–Crippen LogP) is 1.05. The molecule has 2 aromatic rings. The monoisotopic (exact) mass is 342 g/mol. The minimum atomic E-state index is -0.182. The average molecular weight is 342 g/mol. The molecule has 3 rings (SSSR count). The fourth-order valence-corrected chi connectivity index (χ4v) is 2.57. The highest BCUT2D eigenvalue weighted by atomic mass is 16.2. The fourth-order valence-electron chi connectivity index (χ4n) is 2.57. The number of carbonyl (C=O) groups excluding carboxylic acids is 2. The highest BCUT2D eigenvalue weighted by Crippen LogP contribution is 2.20. The maximum atomic E-state index is 12.2. The molecule has 1 aliphatic heterocycles. The van der Waals surface area contributed by atoms with Crippen molar-refractivity contribution in [3.63, 3.8) is 0 Å². The van der Waals surface area contributed by atoms with Crippen LogP contribution in [0.5, 0.6) is 0 Å². The van der Waals surface area contributed by atoms with Gasteiger partial charge in [0.1, 0.15) is 0 Å². The van der Waals surface area contributed by atoms with E-state index in [9.17, 15) is 9.59 Å². The molecule has 0 spiro atoms. The van der Waals surface area contributed by atoms with Crippen LogP contribution in [-0.4, -0.2) is 63.9 Å². The Morgan fingerprint density at radius 1 is 1.24 bits per heavy atom. The Hall–Kier alpha value is -2.90. The van der Waals surface area contributed by atoms with Gasteiger partial charge in [-0.05, 0) is 12.5 Å². The fraction of sp³-hybridized carbons (Fsp3) is 0.412. The molecule has 0 bridgehead atoms. The van der Waals surface area contributed by atoms with Crippen LogP contribution in [0, 0.1) is 6.92 Å². The van der Waals surface area contributed by atoms with Gasteiger partial charge in [-0.2, -0.15) is 0 Å². The molecular formula is C17H22N6O2. The molecule has 8 nitrogen and oxygen atoms in total. The van der Waals surface area contributed by atoms with Gasteiger partial charge >= 0.3 is 6.03 Å². The second-order valence-electron chi connectivity index (χ2n) is 6.49. The van der Waals surface area contributed by atoms with Crippen LogP contribution in [0.4, 0.5) is 4.79 Å². The van der Waals surface area contributed by atoms with E-state index in [0.717, 1.165) is 5.56 Å². The third-order valence-electron chi connectivity index (χ3n) is 4.22. The number of benzene rings is 1. The van der Waals surface area contributed by atoms with Crippen LogP contribution in [0.3, 0.4) is 0 Å². The molecule has 1 fully saturated rings. The van der Waals surface area contributed by atoms with E-state index >= 15 is 0 Å². The Morgan fingerprint density at radius 2 is 1.92 bits per heavy atom. The number of hydrogen-bond donors (Lipinski definition) is 1. The van der Waals surface area contributed by atoms with Gasteiger partial charge in [0.05, 0.1) is 12.2 Å². The molecule has 8 heteroatoms. The summed E-state index contributed by atoms with van der Waals surface area (Å²) >= 11 is 0. The van der Waals surface area contributed by atoms with Crippen LogP contribution >= 0.6 is 0 Å². The lowest BCUT2D eigenvalue weighted by molar-refractivity contribution is 0.0821. The summed E-state index contributed by atoms with van der Waals surface area (Å²) in [4.78, 5) is 27.2. The minimum Gasteiger partial charge on any atom is -0.343 e. The van der Waals surface area contributed by atoms with Crippen molar-refractivity contribution in [3.8, 4) is 0 Å². The summed E-state index contributed by atoms with van der Waals surface area (Å²) in [5, 5.41) is 10.8. The topological polar surface area (TPSA) is 83.4 Å². The van der Waals surface area contributed by atoms with Crippen molar-refractivity contribution in [1.29, 1.82) is 0 Å². The summed E-state index contributed by atoms with van der Waals surface area (Å²) < 4.78 is 1.65. The molecule has 0 unspecified atom stereocenters. The Bertz CT molecular complexity index is 762. The van der Waals surface area contributed by atoms with Gasteiger partial charge < -0.3 is 15.1 Å². The molecule has 0 aliphatic carbocycles. The molecule has 0 radical (unpaired) electrons. The third kappa shape index (κ3) is 3.78. The van der Waals surface area contributed by atoms with Crippen LogP contribution in [0.1, 0.15) is 27.7 Å². The van der Waals surface area contributed by atoms with Crippen molar-refractivity contribution < 1.29 is 9.59 Å². The second-order valence-corrected chi connectivity index (χ2v) is 6.49. The van der Waals surface area contributed by atoms with E-state index in [1.807, 2.05) is 31.2 Å². The van der Waals surface area contributed by atoms with Crippen molar-refractivity contribution in [2.75, 3.05) is 27.2 Å². The normalized spacial score (nSPS) is 14.1. The molecule has 1 N–H and O–H groups in total. The number of likely N-dealkylation sites (tertiary alicyclic amines) is 1. The Balaban J connectivity index is 1.48. The lowest BCUT2D eigenvalue weighted by Gasteiger charge is -2.38. The summed E-state index contributed by atoms with van der Waals surface area (Å²) in [5.74, 6) is -0.182. The van der Waals surface area contributed by atoms with Crippen LogP contribution in [0.25, 0.3) is 0 Å². The number of aryl methyl sites for hydroxylation is 1. The van der Waals surface area contributed by atoms with Gasteiger partial charge in [0.2, 0.25) is 0 Å². The molecule has 3 amide bonds. The zero-order chi connectivity index (χ0) is 18.0. The maximum absolute atomic E-state index is 12.2. The van der Waals surface area contributed by atoms with E-state index in [0.29, 0.717) is 25.3 Å². The standard InChI is InChI=1S/C17H22N6O2/c1-12-4-6-13(7-5-12)8-18-17(25)22-9-14(10-22)23-11-15(19-20-23)16(24)21(2)3/h4-7,11,14H,8-10H2,1-3H3,(H,18,25). The number of aromatic nitrogens is 3. The first kappa shape index (κ1) is 16.9. The first-order valence-electron chi connectivity index (χ1n) is 8.16. The summed E-state index contributed by atoms with van der Waals surface area (Å²) in [6.07, 6.45) is 1.63. The first-order valence-corrected chi connectivity index (χ1v) is 8.16. The van der Waals surface area contributed by atoms with Gasteiger partial charge in [0.15, 0.2) is 5.69 Å². The molecule has 1 aliphatic rings. The third-order valence-corrected chi connectivity index (χ3v) is 4.22. The van der Waals surface area contributed by atoms with Gasteiger partial charge in [-0.15, -0.1) is 5.10 Å². The quantitative estimate of drug-likeness (QED) is 0.900. The van der Waals surface area contributed by atoms with E-state index in [4.69, 9.17) is 0 Å². The highest BCUT2D eigenvalue weighted by molar-refractivity contribution is 5.91. The Morgan fingerprint density at radius 3 is 2.56 bits per heavy atom. The van der Waals surface area contributed by atoms with Gasteiger partial charge in [-0.3, -0.25) is 4.79 Å². The molecule has 1 saturated heterocycles. The molecule has 2 heterocycles. The van der Waals surface area contributed by atoms with Crippen LogP contribution in [0.2, 0.25) is 0 Å². The number of rotatable bonds is 4. The summed E-state index contributed by atoms with van der Waals surface area (Å²) in [6, 6.07) is 8.03. The van der Waals surface area contributed by atoms with Gasteiger partial charge in [-0.25, -0.2) is 9.48 Å². The van der Waals surface area contributed by atoms with Crippen molar-refractivity contribution in [1.82, 2.24) is 30.1 Å². The number of carbonyl (C=O) groups is 2. The van der Waals surface area contributed by atoms with Crippen molar-refractivity contribution in [3.05, 3.63) is 47.3 Å². The van der Waals surface area contributed by atoms with Crippen LogP contribution in [0.15, 0.2) is 30.5 Å². The van der Waals surface area contributed by atoms with Gasteiger partial charge in [0, 0.05) is 33.7 Å². The van der Waals surface area contributed by atoms with Crippen molar-refractivity contribution in [2.45, 2.75) is 19.5 Å². The summed E-state index contributed by atoms with van der Waals surface area (Å²) in [7, 11) is 3.34. The molecule has 25 heavy (non-hydrogen) atoms. The van der Waals surface area contributed by atoms with Crippen LogP contribution < -0.4 is 5.32 Å². The largest absolute Gasteiger partial charge is 0.343 e. The zero-order valence-electron chi connectivity index (χ0n) is 14.6. The highest BCUT2D eigenvalue weighted by Gasteiger charge is 2.33. The summed E-state index contributed by atoms with van der Waals surface area (Å²) in [6.45, 7) is 3.65. The second kappa shape index (κ2) is 6.92. The molecular weight excluding hydrogens is 320 g/mol. The molecule has 0 atom stereocenters. The van der Waals surface area contributed by atoms with E-state index in [1.54, 1.807) is 29.9 Å². The van der Waals surface area contributed by atoms with E-state index in [2.05, 4.69) is 15.6 Å². The van der Waals surface area contributed by atoms with Crippen LogP contribution in [-0.2, 0) is 6.54 Å². The molecule has 0 saturated carbocycles. The lowest BCUT2D eigenvalue weighted by atomic mass is 10.1. The molecule has 132 valence electrons. The lowest BCUT2D eigenvalue weighted by Crippen LogP contribution is -2.54. The number of nitrogens with one attached hydrogen (secondary N) is 1. The average Bonchev–Trinajstić information content (AvgIpc) is 3.01. The minimum absolute atomic E-state index is 0.0568. The van der Waals surface area contributed by atoms with Crippen molar-refractivity contribution in [2.24, 2.45) is 0 Å². The maximum Gasteiger partial charge on any atom is 0.317 e. The van der Waals surface area contributed by atoms with E-state index in [1.165, 1.54) is 10.5 Å². The molecule has 1 aromatic carbocycles. The predicted molar refractivity (Wildman–Crippen MR) is 92.1 cm³/mol.